The fourth-order valence-corrected chi connectivity index (χ4v) is 4.27. The van der Waals surface area contributed by atoms with Crippen LogP contribution >= 0.6 is 23.4 Å². The topological polar surface area (TPSA) is 105 Å². The van der Waals surface area contributed by atoms with Crippen LogP contribution in [0.1, 0.15) is 21.7 Å². The zero-order valence-corrected chi connectivity index (χ0v) is 18.9. The summed E-state index contributed by atoms with van der Waals surface area (Å²) in [5.41, 5.74) is 0.967. The van der Waals surface area contributed by atoms with E-state index in [4.69, 9.17) is 16.0 Å². The Bertz CT molecular complexity index is 1350. The van der Waals surface area contributed by atoms with Crippen LogP contribution < -0.4 is 0 Å². The number of amides is 2. The molecular formula is C24H15ClFNO6S. The van der Waals surface area contributed by atoms with E-state index < -0.39 is 29.5 Å². The van der Waals surface area contributed by atoms with Gasteiger partial charge in [0.1, 0.15) is 17.3 Å². The number of ketones is 1. The molecule has 1 aliphatic rings. The van der Waals surface area contributed by atoms with Gasteiger partial charge >= 0.3 is 5.97 Å². The molecule has 1 saturated heterocycles. The molecule has 0 spiro atoms. The minimum Gasteiger partial charge on any atom is -0.478 e. The summed E-state index contributed by atoms with van der Waals surface area (Å²) in [6.45, 7) is -0.397. The molecule has 0 atom stereocenters. The predicted molar refractivity (Wildman–Crippen MR) is 124 cm³/mol. The van der Waals surface area contributed by atoms with Crippen molar-refractivity contribution in [3.63, 3.8) is 0 Å². The van der Waals surface area contributed by atoms with Crippen LogP contribution in [0.5, 0.6) is 0 Å². The summed E-state index contributed by atoms with van der Waals surface area (Å²) in [5, 5.41) is 8.73. The second-order valence-corrected chi connectivity index (χ2v) is 8.71. The molecule has 3 aromatic rings. The summed E-state index contributed by atoms with van der Waals surface area (Å²) < 4.78 is 18.7. The predicted octanol–water partition coefficient (Wildman–Crippen LogP) is 5.29. The number of Topliss-reactive ketones (excluding diaryl/α,β-unsaturated/α-hetero) is 1. The van der Waals surface area contributed by atoms with Crippen LogP contribution in [0, 0.1) is 5.82 Å². The monoisotopic (exact) mass is 499 g/mol. The Morgan fingerprint density at radius 1 is 1.09 bits per heavy atom. The van der Waals surface area contributed by atoms with Gasteiger partial charge < -0.3 is 9.52 Å². The van der Waals surface area contributed by atoms with Gasteiger partial charge in [-0.2, -0.15) is 0 Å². The van der Waals surface area contributed by atoms with E-state index >= 15 is 0 Å². The first kappa shape index (κ1) is 23.5. The summed E-state index contributed by atoms with van der Waals surface area (Å²) in [6, 6.07) is 13.0. The molecule has 2 heterocycles. The summed E-state index contributed by atoms with van der Waals surface area (Å²) in [7, 11) is 0. The van der Waals surface area contributed by atoms with Crippen LogP contribution in [0.15, 0.2) is 63.9 Å². The van der Waals surface area contributed by atoms with Gasteiger partial charge in [-0.1, -0.05) is 23.7 Å². The van der Waals surface area contributed by atoms with Crippen LogP contribution in [-0.2, 0) is 16.0 Å². The Morgan fingerprint density at radius 3 is 2.53 bits per heavy atom. The first-order valence-corrected chi connectivity index (χ1v) is 11.1. The van der Waals surface area contributed by atoms with Gasteiger partial charge in [0.25, 0.3) is 11.1 Å². The highest BCUT2D eigenvalue weighted by Crippen LogP contribution is 2.34. The van der Waals surface area contributed by atoms with Gasteiger partial charge in [0.05, 0.1) is 22.0 Å². The average Bonchev–Trinajstić information content (AvgIpc) is 3.36. The SMILES string of the molecule is O=C(Cc1ccc(F)cc1)CN1C(=O)S/C(=C\c2ccc(-c3ccc(Cl)c(C(=O)O)c3)o2)C1=O. The van der Waals surface area contributed by atoms with Crippen molar-refractivity contribution in [2.24, 2.45) is 0 Å². The molecule has 0 bridgehead atoms. The molecule has 0 unspecified atom stereocenters. The van der Waals surface area contributed by atoms with Crippen molar-refractivity contribution >= 4 is 52.3 Å². The molecule has 1 fully saturated rings. The summed E-state index contributed by atoms with van der Waals surface area (Å²) in [5.74, 6) is -1.98. The zero-order chi connectivity index (χ0) is 24.4. The van der Waals surface area contributed by atoms with Crippen LogP contribution in [-0.4, -0.2) is 39.5 Å². The average molecular weight is 500 g/mol. The molecule has 1 N–H and O–H groups in total. The van der Waals surface area contributed by atoms with E-state index in [1.807, 2.05) is 0 Å². The van der Waals surface area contributed by atoms with E-state index in [0.717, 1.165) is 4.90 Å². The van der Waals surface area contributed by atoms with Gasteiger partial charge in [-0.05, 0) is 59.8 Å². The molecule has 2 aromatic carbocycles. The Morgan fingerprint density at radius 2 is 1.82 bits per heavy atom. The Labute approximate surface area is 201 Å². The number of furan rings is 1. The number of benzene rings is 2. The van der Waals surface area contributed by atoms with E-state index in [-0.39, 0.29) is 33.5 Å². The number of carboxylic acids is 1. The number of halogens is 2. The molecule has 1 aromatic heterocycles. The maximum absolute atomic E-state index is 13.0. The van der Waals surface area contributed by atoms with E-state index in [9.17, 15) is 28.7 Å². The van der Waals surface area contributed by atoms with Crippen molar-refractivity contribution in [1.82, 2.24) is 4.90 Å². The van der Waals surface area contributed by atoms with E-state index in [1.54, 1.807) is 18.2 Å². The molecule has 4 rings (SSSR count). The number of carboxylic acid groups (broad SMARTS) is 1. The Hall–Kier alpha value is -3.69. The number of carbonyl (C=O) groups excluding carboxylic acids is 3. The van der Waals surface area contributed by atoms with Crippen LogP contribution in [0.25, 0.3) is 17.4 Å². The molecule has 10 heteroatoms. The Balaban J connectivity index is 1.47. The molecular weight excluding hydrogens is 485 g/mol. The first-order chi connectivity index (χ1) is 16.2. The highest BCUT2D eigenvalue weighted by molar-refractivity contribution is 8.18. The fraction of sp³-hybridized carbons (Fsp3) is 0.0833. The number of imide groups is 1. The molecule has 172 valence electrons. The normalized spacial score (nSPS) is 14.8. The smallest absolute Gasteiger partial charge is 0.337 e. The van der Waals surface area contributed by atoms with Crippen molar-refractivity contribution in [3.8, 4) is 11.3 Å². The zero-order valence-electron chi connectivity index (χ0n) is 17.3. The number of hydrogen-bond acceptors (Lipinski definition) is 6. The third-order valence-electron chi connectivity index (χ3n) is 4.90. The molecule has 0 saturated carbocycles. The van der Waals surface area contributed by atoms with Gasteiger partial charge in [0.2, 0.25) is 0 Å². The third-order valence-corrected chi connectivity index (χ3v) is 6.14. The Kier molecular flexibility index (Phi) is 6.67. The lowest BCUT2D eigenvalue weighted by molar-refractivity contribution is -0.128. The minimum atomic E-state index is -1.18. The number of thioether (sulfide) groups is 1. The van der Waals surface area contributed by atoms with Crippen LogP contribution in [0.4, 0.5) is 9.18 Å². The van der Waals surface area contributed by atoms with E-state index in [2.05, 4.69) is 0 Å². The van der Waals surface area contributed by atoms with Crippen molar-refractivity contribution in [2.75, 3.05) is 6.54 Å². The second-order valence-electron chi connectivity index (χ2n) is 7.31. The molecule has 7 nitrogen and oxygen atoms in total. The fourth-order valence-electron chi connectivity index (χ4n) is 3.26. The number of hydrogen-bond donors (Lipinski definition) is 1. The molecule has 1 aliphatic heterocycles. The summed E-state index contributed by atoms with van der Waals surface area (Å²) in [6.07, 6.45) is 1.34. The van der Waals surface area contributed by atoms with Gasteiger partial charge in [-0.25, -0.2) is 9.18 Å². The molecule has 0 radical (unpaired) electrons. The molecule has 34 heavy (non-hydrogen) atoms. The van der Waals surface area contributed by atoms with Gasteiger partial charge in [0, 0.05) is 18.1 Å². The van der Waals surface area contributed by atoms with Crippen molar-refractivity contribution < 1.29 is 33.1 Å². The standard InChI is InChI=1S/C24H15ClFNO6S/c25-19-7-3-14(10-18(19)23(30)31)20-8-6-17(33-20)11-21-22(29)27(24(32)34-21)12-16(28)9-13-1-4-15(26)5-2-13/h1-8,10-11H,9,12H2,(H,30,31)/b21-11-. The van der Waals surface area contributed by atoms with Gasteiger partial charge in [0.15, 0.2) is 5.78 Å². The van der Waals surface area contributed by atoms with Gasteiger partial charge in [-0.3, -0.25) is 19.3 Å². The lowest BCUT2D eigenvalue weighted by Crippen LogP contribution is -2.34. The largest absolute Gasteiger partial charge is 0.478 e. The molecule has 0 aliphatic carbocycles. The van der Waals surface area contributed by atoms with Crippen molar-refractivity contribution in [1.29, 1.82) is 0 Å². The summed E-state index contributed by atoms with van der Waals surface area (Å²) >= 11 is 6.57. The lowest BCUT2D eigenvalue weighted by atomic mass is 10.1. The maximum Gasteiger partial charge on any atom is 0.337 e. The molecule has 2 amide bonds. The number of carbonyl (C=O) groups is 4. The van der Waals surface area contributed by atoms with E-state index in [1.165, 1.54) is 42.5 Å². The van der Waals surface area contributed by atoms with Gasteiger partial charge in [-0.15, -0.1) is 0 Å². The second kappa shape index (κ2) is 9.66. The van der Waals surface area contributed by atoms with Crippen molar-refractivity contribution in [2.45, 2.75) is 6.42 Å². The van der Waals surface area contributed by atoms with Crippen molar-refractivity contribution in [3.05, 3.63) is 87.2 Å². The summed E-state index contributed by atoms with van der Waals surface area (Å²) in [4.78, 5) is 49.5. The number of nitrogens with zero attached hydrogens (tertiary/aromatic N) is 1. The van der Waals surface area contributed by atoms with Crippen LogP contribution in [0.3, 0.4) is 0 Å². The number of aromatic carboxylic acids is 1. The minimum absolute atomic E-state index is 0.0397. The quantitative estimate of drug-likeness (QED) is 0.440. The highest BCUT2D eigenvalue weighted by atomic mass is 35.5. The first-order valence-electron chi connectivity index (χ1n) is 9.86. The highest BCUT2D eigenvalue weighted by Gasteiger charge is 2.36. The lowest BCUT2D eigenvalue weighted by Gasteiger charge is -2.11. The number of rotatable bonds is 7. The van der Waals surface area contributed by atoms with E-state index in [0.29, 0.717) is 28.6 Å². The van der Waals surface area contributed by atoms with Crippen LogP contribution in [0.2, 0.25) is 5.02 Å². The third kappa shape index (κ3) is 5.11. The maximum atomic E-state index is 13.0.